The highest BCUT2D eigenvalue weighted by molar-refractivity contribution is 14.1. The fourth-order valence-electron chi connectivity index (χ4n) is 1.28. The summed E-state index contributed by atoms with van der Waals surface area (Å²) in [5.41, 5.74) is 0. The lowest BCUT2D eigenvalue weighted by atomic mass is 10.1. The van der Waals surface area contributed by atoms with Crippen LogP contribution < -0.4 is 0 Å². The van der Waals surface area contributed by atoms with Crippen molar-refractivity contribution >= 4 is 22.6 Å². The summed E-state index contributed by atoms with van der Waals surface area (Å²) >= 11 is 1.22. The van der Waals surface area contributed by atoms with E-state index in [0.717, 1.165) is 12.8 Å². The molecule has 0 rings (SSSR count). The van der Waals surface area contributed by atoms with E-state index in [-0.39, 0.29) is 6.42 Å². The zero-order valence-electron chi connectivity index (χ0n) is 8.29. The van der Waals surface area contributed by atoms with E-state index in [1.165, 1.54) is 48.3 Å². The number of rotatable bonds is 8. The molecule has 0 aliphatic rings. The van der Waals surface area contributed by atoms with E-state index in [9.17, 15) is 8.78 Å². The first-order valence-corrected chi connectivity index (χ1v) is 6.21. The Morgan fingerprint density at radius 1 is 0.923 bits per heavy atom. The van der Waals surface area contributed by atoms with Crippen molar-refractivity contribution in [2.24, 2.45) is 0 Å². The normalized spacial score (nSPS) is 12.0. The molecule has 0 atom stereocenters. The van der Waals surface area contributed by atoms with Crippen LogP contribution >= 0.6 is 22.6 Å². The van der Waals surface area contributed by atoms with Crippen LogP contribution in [0.3, 0.4) is 0 Å². The van der Waals surface area contributed by atoms with Gasteiger partial charge in [0.05, 0.1) is 0 Å². The Hall–Kier alpha value is 0.590. The lowest BCUT2D eigenvalue weighted by Crippen LogP contribution is -2.03. The van der Waals surface area contributed by atoms with E-state index in [1.807, 2.05) is 0 Å². The quantitative estimate of drug-likeness (QED) is 0.330. The highest BCUT2D eigenvalue weighted by Crippen LogP contribution is 2.29. The van der Waals surface area contributed by atoms with Crippen molar-refractivity contribution in [1.29, 1.82) is 0 Å². The molecule has 0 saturated carbocycles. The van der Waals surface area contributed by atoms with E-state index in [2.05, 4.69) is 6.92 Å². The minimum Gasteiger partial charge on any atom is -0.195 e. The van der Waals surface area contributed by atoms with Crippen LogP contribution in [0.2, 0.25) is 0 Å². The van der Waals surface area contributed by atoms with Gasteiger partial charge in [0.1, 0.15) is 0 Å². The molecule has 13 heavy (non-hydrogen) atoms. The summed E-state index contributed by atoms with van der Waals surface area (Å²) in [6.45, 7) is 2.18. The Kier molecular flexibility index (Phi) is 8.31. The summed E-state index contributed by atoms with van der Waals surface area (Å²) in [4.78, 5) is 0. The third-order valence-electron chi connectivity index (χ3n) is 2.06. The molecule has 0 unspecified atom stereocenters. The molecule has 0 aliphatic carbocycles. The minimum atomic E-state index is -2.48. The molecule has 0 nitrogen and oxygen atoms in total. The Morgan fingerprint density at radius 2 is 1.38 bits per heavy atom. The van der Waals surface area contributed by atoms with E-state index >= 15 is 0 Å². The molecule has 0 amide bonds. The van der Waals surface area contributed by atoms with E-state index < -0.39 is 3.93 Å². The Morgan fingerprint density at radius 3 is 1.85 bits per heavy atom. The van der Waals surface area contributed by atoms with Crippen LogP contribution in [0.15, 0.2) is 0 Å². The first-order chi connectivity index (χ1) is 6.06. The molecule has 0 radical (unpaired) electrons. The number of alkyl halides is 3. The fourth-order valence-corrected chi connectivity index (χ4v) is 1.66. The molecule has 0 spiro atoms. The lowest BCUT2D eigenvalue weighted by Gasteiger charge is -2.07. The van der Waals surface area contributed by atoms with Gasteiger partial charge in [0.15, 0.2) is 0 Å². The molecule has 0 fully saturated rings. The molecule has 0 saturated heterocycles. The summed E-state index contributed by atoms with van der Waals surface area (Å²) in [5.74, 6) is 0. The van der Waals surface area contributed by atoms with Gasteiger partial charge in [0, 0.05) is 6.42 Å². The van der Waals surface area contributed by atoms with Crippen molar-refractivity contribution in [2.75, 3.05) is 0 Å². The maximum Gasteiger partial charge on any atom is 0.296 e. The molecule has 0 N–H and O–H groups in total. The van der Waals surface area contributed by atoms with Gasteiger partial charge in [-0.25, -0.2) is 0 Å². The summed E-state index contributed by atoms with van der Waals surface area (Å²) in [6, 6.07) is 0. The number of unbranched alkanes of at least 4 members (excludes halogenated alkanes) is 6. The largest absolute Gasteiger partial charge is 0.296 e. The van der Waals surface area contributed by atoms with Crippen molar-refractivity contribution in [3.05, 3.63) is 0 Å². The first kappa shape index (κ1) is 13.6. The number of hydrogen-bond donors (Lipinski definition) is 0. The van der Waals surface area contributed by atoms with Gasteiger partial charge in [-0.05, 0) is 29.0 Å². The molecule has 0 heterocycles. The first-order valence-electron chi connectivity index (χ1n) is 5.13. The van der Waals surface area contributed by atoms with Crippen molar-refractivity contribution in [1.82, 2.24) is 0 Å². The maximum atomic E-state index is 12.3. The van der Waals surface area contributed by atoms with Crippen LogP contribution in [0.4, 0.5) is 8.78 Å². The van der Waals surface area contributed by atoms with Gasteiger partial charge in [-0.2, -0.15) is 8.78 Å². The van der Waals surface area contributed by atoms with Gasteiger partial charge in [-0.1, -0.05) is 45.4 Å². The Balaban J connectivity index is 3.00. The average Bonchev–Trinajstić information content (AvgIpc) is 2.01. The molecule has 0 aromatic heterocycles. The molecule has 0 bridgehead atoms. The highest BCUT2D eigenvalue weighted by Gasteiger charge is 2.21. The van der Waals surface area contributed by atoms with Crippen molar-refractivity contribution in [3.8, 4) is 0 Å². The summed E-state index contributed by atoms with van der Waals surface area (Å²) in [7, 11) is 0. The Labute approximate surface area is 93.6 Å². The van der Waals surface area contributed by atoms with Crippen LogP contribution in [0.1, 0.15) is 58.3 Å². The molecule has 0 aromatic rings. The third kappa shape index (κ3) is 12.6. The zero-order valence-corrected chi connectivity index (χ0v) is 10.4. The van der Waals surface area contributed by atoms with Crippen LogP contribution in [-0.4, -0.2) is 3.93 Å². The van der Waals surface area contributed by atoms with E-state index in [0.29, 0.717) is 6.42 Å². The molecule has 0 aliphatic heterocycles. The zero-order chi connectivity index (χ0) is 10.2. The predicted octanol–water partition coefficient (Wildman–Crippen LogP) is 5.15. The summed E-state index contributed by atoms with van der Waals surface area (Å²) in [6.07, 6.45) is 7.78. The summed E-state index contributed by atoms with van der Waals surface area (Å²) < 4.78 is 22.2. The fraction of sp³-hybridized carbons (Fsp3) is 1.00. The number of halogens is 3. The smallest absolute Gasteiger partial charge is 0.195 e. The van der Waals surface area contributed by atoms with E-state index in [1.54, 1.807) is 0 Å². The SMILES string of the molecule is CCCCCCCCCC(F)(F)I. The van der Waals surface area contributed by atoms with Crippen LogP contribution in [-0.2, 0) is 0 Å². The number of hydrogen-bond acceptors (Lipinski definition) is 0. The second-order valence-electron chi connectivity index (χ2n) is 3.49. The highest BCUT2D eigenvalue weighted by atomic mass is 127. The molecule has 80 valence electrons. The second kappa shape index (κ2) is 7.94. The van der Waals surface area contributed by atoms with Crippen molar-refractivity contribution in [3.63, 3.8) is 0 Å². The van der Waals surface area contributed by atoms with E-state index in [4.69, 9.17) is 0 Å². The predicted molar refractivity (Wildman–Crippen MR) is 61.6 cm³/mol. The molecular formula is C10H19F2I. The topological polar surface area (TPSA) is 0 Å². The van der Waals surface area contributed by atoms with Gasteiger partial charge < -0.3 is 0 Å². The van der Waals surface area contributed by atoms with Crippen LogP contribution in [0, 0.1) is 0 Å². The van der Waals surface area contributed by atoms with Gasteiger partial charge in [-0.3, -0.25) is 0 Å². The third-order valence-corrected chi connectivity index (χ3v) is 2.60. The minimum absolute atomic E-state index is 0.0430. The van der Waals surface area contributed by atoms with Crippen LogP contribution in [0.5, 0.6) is 0 Å². The van der Waals surface area contributed by atoms with Crippen LogP contribution in [0.25, 0.3) is 0 Å². The van der Waals surface area contributed by atoms with Crippen molar-refractivity contribution < 1.29 is 8.78 Å². The summed E-state index contributed by atoms with van der Waals surface area (Å²) in [5, 5.41) is 0. The lowest BCUT2D eigenvalue weighted by molar-refractivity contribution is 0.113. The molecular weight excluding hydrogens is 285 g/mol. The molecule has 3 heteroatoms. The Bertz CT molecular complexity index is 110. The maximum absolute atomic E-state index is 12.3. The van der Waals surface area contributed by atoms with Gasteiger partial charge in [0.25, 0.3) is 3.93 Å². The second-order valence-corrected chi connectivity index (χ2v) is 5.06. The molecule has 0 aromatic carbocycles. The van der Waals surface area contributed by atoms with Gasteiger partial charge in [-0.15, -0.1) is 0 Å². The van der Waals surface area contributed by atoms with Crippen molar-refractivity contribution in [2.45, 2.75) is 62.2 Å². The average molecular weight is 304 g/mol. The van der Waals surface area contributed by atoms with Gasteiger partial charge >= 0.3 is 0 Å². The van der Waals surface area contributed by atoms with Gasteiger partial charge in [0.2, 0.25) is 0 Å². The standard InChI is InChI=1S/C10H19F2I/c1-2-3-4-5-6-7-8-9-10(11,12)13/h2-9H2,1H3. The monoisotopic (exact) mass is 304 g/mol.